The van der Waals surface area contributed by atoms with Gasteiger partial charge >= 0.3 is 0 Å². The van der Waals surface area contributed by atoms with Crippen molar-refractivity contribution in [2.45, 2.75) is 6.61 Å². The average molecular weight is 906 g/mol. The Labute approximate surface area is 415 Å². The van der Waals surface area contributed by atoms with E-state index in [1.165, 1.54) is 60.8 Å². The summed E-state index contributed by atoms with van der Waals surface area (Å²) in [6.45, 7) is 0.442. The quantitative estimate of drug-likeness (QED) is 0.158. The van der Waals surface area contributed by atoms with Gasteiger partial charge in [0.2, 0.25) is 0 Å². The SMILES string of the molecule is c1ccc(-c2ccc(N(c3cccc(-c4ccccc4)c3)c3cccc(-c4cccc(-c5cccc6c5-c5ccccc5-c5ccc7ccccc7c5COc5c-6ccc6ccccc56)c4)c3)cc2)cc1. The molecular formula is C69H47NO. The smallest absolute Gasteiger partial charge is 0.135 e. The van der Waals surface area contributed by atoms with Gasteiger partial charge in [0, 0.05) is 33.6 Å². The first-order valence-corrected chi connectivity index (χ1v) is 24.4. The third-order valence-electron chi connectivity index (χ3n) is 14.2. The van der Waals surface area contributed by atoms with Crippen LogP contribution in [0.1, 0.15) is 5.56 Å². The van der Waals surface area contributed by atoms with Gasteiger partial charge in [-0.15, -0.1) is 0 Å². The molecule has 0 spiro atoms. The van der Waals surface area contributed by atoms with Gasteiger partial charge in [0.05, 0.1) is 0 Å². The highest BCUT2D eigenvalue weighted by molar-refractivity contribution is 6.06. The van der Waals surface area contributed by atoms with Crippen LogP contribution in [0.2, 0.25) is 0 Å². The van der Waals surface area contributed by atoms with Gasteiger partial charge in [0.1, 0.15) is 12.4 Å². The molecule has 0 radical (unpaired) electrons. The highest BCUT2D eigenvalue weighted by atomic mass is 16.5. The number of benzene rings is 12. The van der Waals surface area contributed by atoms with Crippen LogP contribution < -0.4 is 9.64 Å². The van der Waals surface area contributed by atoms with Crippen LogP contribution in [0.3, 0.4) is 0 Å². The van der Waals surface area contributed by atoms with Gasteiger partial charge in [-0.05, 0) is 137 Å². The normalized spacial score (nSPS) is 11.7. The molecule has 1 aliphatic rings. The second-order valence-corrected chi connectivity index (χ2v) is 18.3. The summed E-state index contributed by atoms with van der Waals surface area (Å²) in [5, 5.41) is 4.67. The predicted octanol–water partition coefficient (Wildman–Crippen LogP) is 19.0. The summed E-state index contributed by atoms with van der Waals surface area (Å²) >= 11 is 0. The minimum atomic E-state index is 0.442. The maximum atomic E-state index is 7.15. The van der Waals surface area contributed by atoms with Gasteiger partial charge in [0.25, 0.3) is 0 Å². The van der Waals surface area contributed by atoms with Crippen LogP contribution in [0, 0.1) is 0 Å². The molecule has 0 aromatic heterocycles. The topological polar surface area (TPSA) is 12.5 Å². The van der Waals surface area contributed by atoms with Crippen LogP contribution in [-0.2, 0) is 6.61 Å². The summed E-state index contributed by atoms with van der Waals surface area (Å²) in [4.78, 5) is 2.38. The molecule has 334 valence electrons. The number of ether oxygens (including phenoxy) is 1. The lowest BCUT2D eigenvalue weighted by Crippen LogP contribution is -2.10. The van der Waals surface area contributed by atoms with E-state index in [2.05, 4.69) is 278 Å². The van der Waals surface area contributed by atoms with Crippen molar-refractivity contribution in [3.8, 4) is 83.6 Å². The number of anilines is 3. The third kappa shape index (κ3) is 7.73. The monoisotopic (exact) mass is 905 g/mol. The van der Waals surface area contributed by atoms with Crippen molar-refractivity contribution < 1.29 is 4.74 Å². The van der Waals surface area contributed by atoms with Crippen molar-refractivity contribution in [1.82, 2.24) is 0 Å². The predicted molar refractivity (Wildman–Crippen MR) is 299 cm³/mol. The van der Waals surface area contributed by atoms with Crippen molar-refractivity contribution in [1.29, 1.82) is 0 Å². The number of hydrogen-bond donors (Lipinski definition) is 0. The highest BCUT2D eigenvalue weighted by Crippen LogP contribution is 2.50. The minimum Gasteiger partial charge on any atom is -0.488 e. The lowest BCUT2D eigenvalue weighted by Gasteiger charge is -2.27. The maximum absolute atomic E-state index is 7.15. The van der Waals surface area contributed by atoms with Crippen LogP contribution in [0.4, 0.5) is 17.1 Å². The fraction of sp³-hybridized carbons (Fsp3) is 0.0145. The molecule has 1 aliphatic heterocycles. The molecule has 0 unspecified atom stereocenters. The summed E-state index contributed by atoms with van der Waals surface area (Å²) in [6.07, 6.45) is 0. The average Bonchev–Trinajstić information content (AvgIpc) is 3.45. The lowest BCUT2D eigenvalue weighted by molar-refractivity contribution is 0.313. The fourth-order valence-electron chi connectivity index (χ4n) is 10.8. The summed E-state index contributed by atoms with van der Waals surface area (Å²) < 4.78 is 7.15. The minimum absolute atomic E-state index is 0.442. The third-order valence-corrected chi connectivity index (χ3v) is 14.2. The van der Waals surface area contributed by atoms with Crippen molar-refractivity contribution in [2.75, 3.05) is 4.90 Å². The molecule has 0 aliphatic carbocycles. The van der Waals surface area contributed by atoms with Gasteiger partial charge in [-0.25, -0.2) is 0 Å². The number of rotatable bonds is 7. The summed E-state index contributed by atoms with van der Waals surface area (Å²) in [5.74, 6) is 0.902. The maximum Gasteiger partial charge on any atom is 0.135 e. The zero-order valence-corrected chi connectivity index (χ0v) is 39.0. The molecule has 12 aromatic carbocycles. The van der Waals surface area contributed by atoms with Crippen molar-refractivity contribution in [3.63, 3.8) is 0 Å². The standard InChI is InChI=1S/C69H47NO/c1-3-17-47(18-4-1)49-35-39-56(40-36-49)70(57-27-14-24-53(44-57)48-19-5-2-6-20-48)58-28-15-25-54(45-58)52-23-13-26-55(43-52)60-33-16-34-65-66-42-38-51-22-8-10-30-61(51)69(66)71-46-67-59-29-9-7-21-50(59)37-41-63(67)62-31-11-12-32-64(62)68(60)65/h1-45H,46H2. The first-order valence-electron chi connectivity index (χ1n) is 24.4. The molecule has 1 heterocycles. The number of fused-ring (bicyclic) bond motifs is 11. The summed E-state index contributed by atoms with van der Waals surface area (Å²) in [6, 6.07) is 99.1. The molecule has 0 N–H and O–H groups in total. The Kier molecular flexibility index (Phi) is 10.6. The number of nitrogens with zero attached hydrogens (tertiary/aromatic N) is 1. The lowest BCUT2D eigenvalue weighted by atomic mass is 9.82. The molecule has 0 saturated heterocycles. The first kappa shape index (κ1) is 41.9. The molecule has 2 heteroatoms. The molecule has 0 amide bonds. The van der Waals surface area contributed by atoms with E-state index < -0.39 is 0 Å². The molecule has 12 aromatic rings. The van der Waals surface area contributed by atoms with Crippen LogP contribution in [0.15, 0.2) is 273 Å². The van der Waals surface area contributed by atoms with Crippen molar-refractivity contribution in [2.24, 2.45) is 0 Å². The van der Waals surface area contributed by atoms with Gasteiger partial charge in [0.15, 0.2) is 0 Å². The molecule has 0 atom stereocenters. The van der Waals surface area contributed by atoms with Crippen molar-refractivity contribution in [3.05, 3.63) is 279 Å². The van der Waals surface area contributed by atoms with Crippen LogP contribution in [0.5, 0.6) is 5.75 Å². The second kappa shape index (κ2) is 18.0. The summed E-state index contributed by atoms with van der Waals surface area (Å²) in [5.41, 5.74) is 20.7. The van der Waals surface area contributed by atoms with Crippen LogP contribution in [0.25, 0.3) is 99.4 Å². The van der Waals surface area contributed by atoms with E-state index >= 15 is 0 Å². The number of hydrogen-bond acceptors (Lipinski definition) is 2. The van der Waals surface area contributed by atoms with Gasteiger partial charge in [-0.1, -0.05) is 224 Å². The van der Waals surface area contributed by atoms with E-state index in [0.29, 0.717) is 6.61 Å². The van der Waals surface area contributed by atoms with Crippen LogP contribution >= 0.6 is 0 Å². The zero-order chi connectivity index (χ0) is 47.1. The summed E-state index contributed by atoms with van der Waals surface area (Å²) in [7, 11) is 0. The Morgan fingerprint density at radius 1 is 0.268 bits per heavy atom. The fourth-order valence-corrected chi connectivity index (χ4v) is 10.8. The molecular weight excluding hydrogens is 859 g/mol. The van der Waals surface area contributed by atoms with Crippen LogP contribution in [-0.4, -0.2) is 0 Å². The van der Waals surface area contributed by atoms with E-state index in [1.807, 2.05) is 0 Å². The van der Waals surface area contributed by atoms with Crippen molar-refractivity contribution >= 4 is 38.6 Å². The molecule has 0 saturated carbocycles. The van der Waals surface area contributed by atoms with E-state index in [-0.39, 0.29) is 0 Å². The molecule has 13 rings (SSSR count). The zero-order valence-electron chi connectivity index (χ0n) is 39.0. The highest BCUT2D eigenvalue weighted by Gasteiger charge is 2.25. The second-order valence-electron chi connectivity index (χ2n) is 18.3. The largest absolute Gasteiger partial charge is 0.488 e. The van der Waals surface area contributed by atoms with E-state index in [1.54, 1.807) is 0 Å². The Hall–Kier alpha value is -9.24. The van der Waals surface area contributed by atoms with E-state index in [9.17, 15) is 0 Å². The molecule has 71 heavy (non-hydrogen) atoms. The van der Waals surface area contributed by atoms with Gasteiger partial charge in [-0.2, -0.15) is 0 Å². The first-order chi connectivity index (χ1) is 35.2. The van der Waals surface area contributed by atoms with E-state index in [4.69, 9.17) is 4.74 Å². The molecule has 0 fully saturated rings. The van der Waals surface area contributed by atoms with E-state index in [0.717, 1.165) is 67.0 Å². The molecule has 2 nitrogen and oxygen atoms in total. The Bertz CT molecular complexity index is 3930. The van der Waals surface area contributed by atoms with Gasteiger partial charge < -0.3 is 9.64 Å². The van der Waals surface area contributed by atoms with Gasteiger partial charge in [-0.3, -0.25) is 0 Å². The molecule has 0 bridgehead atoms. The Morgan fingerprint density at radius 3 is 1.46 bits per heavy atom. The Morgan fingerprint density at radius 2 is 0.746 bits per heavy atom. The Balaban J connectivity index is 0.973.